The number of hydrogen-bond acceptors (Lipinski definition) is 7. The molecular weight excluding hydrogens is 414 g/mol. The van der Waals surface area contributed by atoms with E-state index < -0.39 is 11.9 Å². The van der Waals surface area contributed by atoms with Crippen LogP contribution in [-0.4, -0.2) is 42.1 Å². The zero-order valence-electron chi connectivity index (χ0n) is 18.8. The quantitative estimate of drug-likeness (QED) is 0.478. The van der Waals surface area contributed by atoms with Crippen LogP contribution in [0.5, 0.6) is 11.5 Å². The normalized spacial score (nSPS) is 20.3. The van der Waals surface area contributed by atoms with Crippen molar-refractivity contribution in [1.82, 2.24) is 5.32 Å². The van der Waals surface area contributed by atoms with E-state index in [0.717, 1.165) is 17.2 Å². The molecular formula is C24H31NO5S. The molecule has 0 amide bonds. The van der Waals surface area contributed by atoms with Crippen LogP contribution < -0.4 is 10.1 Å². The van der Waals surface area contributed by atoms with Gasteiger partial charge in [0.1, 0.15) is 6.61 Å². The maximum Gasteiger partial charge on any atom is 0.336 e. The minimum atomic E-state index is -0.594. The molecule has 3 rings (SSSR count). The van der Waals surface area contributed by atoms with Gasteiger partial charge in [-0.15, -0.1) is 0 Å². The van der Waals surface area contributed by atoms with Crippen molar-refractivity contribution in [2.75, 3.05) is 25.2 Å². The number of hydrogen-bond donors (Lipinski definition) is 2. The molecule has 7 heteroatoms. The molecule has 0 saturated heterocycles. The molecule has 2 aliphatic rings. The van der Waals surface area contributed by atoms with Gasteiger partial charge in [0, 0.05) is 35.1 Å². The summed E-state index contributed by atoms with van der Waals surface area (Å²) in [4.78, 5) is 26.4. The van der Waals surface area contributed by atoms with E-state index in [-0.39, 0.29) is 16.9 Å². The minimum Gasteiger partial charge on any atom is -0.504 e. The summed E-state index contributed by atoms with van der Waals surface area (Å²) in [6.07, 6.45) is 1.11. The van der Waals surface area contributed by atoms with Crippen LogP contribution >= 0.6 is 11.8 Å². The van der Waals surface area contributed by atoms with E-state index in [4.69, 9.17) is 9.47 Å². The van der Waals surface area contributed by atoms with Crippen molar-refractivity contribution < 1.29 is 24.2 Å². The lowest BCUT2D eigenvalue weighted by Crippen LogP contribution is -2.38. The summed E-state index contributed by atoms with van der Waals surface area (Å²) in [5, 5.41) is 13.7. The average molecular weight is 446 g/mol. The SMILES string of the molecule is CCSCCOC(=O)C1=C(C)NC2=C(C(=O)CC(C)(C)C2)[C@@H]1c1ccc(OC)c(O)c1. The van der Waals surface area contributed by atoms with Gasteiger partial charge in [-0.25, -0.2) is 4.79 Å². The molecule has 0 saturated carbocycles. The summed E-state index contributed by atoms with van der Waals surface area (Å²) in [7, 11) is 1.48. The molecule has 31 heavy (non-hydrogen) atoms. The number of benzene rings is 1. The number of thioether (sulfide) groups is 1. The summed E-state index contributed by atoms with van der Waals surface area (Å²) < 4.78 is 10.7. The third kappa shape index (κ3) is 4.92. The molecule has 168 valence electrons. The second-order valence-corrected chi connectivity index (χ2v) is 10.1. The topological polar surface area (TPSA) is 84.9 Å². The predicted molar refractivity (Wildman–Crippen MR) is 122 cm³/mol. The van der Waals surface area contributed by atoms with Crippen molar-refractivity contribution in [3.05, 3.63) is 46.3 Å². The molecule has 1 aromatic carbocycles. The molecule has 0 bridgehead atoms. The third-order valence-corrected chi connectivity index (χ3v) is 6.52. The van der Waals surface area contributed by atoms with Crippen molar-refractivity contribution in [3.63, 3.8) is 0 Å². The highest BCUT2D eigenvalue weighted by Crippen LogP contribution is 2.47. The van der Waals surface area contributed by atoms with Gasteiger partial charge in [0.25, 0.3) is 0 Å². The second-order valence-electron chi connectivity index (χ2n) is 8.69. The van der Waals surface area contributed by atoms with E-state index in [9.17, 15) is 14.7 Å². The zero-order chi connectivity index (χ0) is 22.8. The number of phenolic OH excluding ortho intramolecular Hbond substituents is 1. The Bertz CT molecular complexity index is 947. The largest absolute Gasteiger partial charge is 0.504 e. The molecule has 1 aliphatic carbocycles. The van der Waals surface area contributed by atoms with E-state index in [1.807, 2.05) is 6.92 Å². The van der Waals surface area contributed by atoms with Crippen LogP contribution in [0.4, 0.5) is 0 Å². The number of aromatic hydroxyl groups is 1. The van der Waals surface area contributed by atoms with Gasteiger partial charge >= 0.3 is 5.97 Å². The number of methoxy groups -OCH3 is 1. The molecule has 0 unspecified atom stereocenters. The standard InChI is InChI=1S/C24H31NO5S/c1-6-31-10-9-30-23(28)20-14(2)25-16-12-24(3,4)13-18(27)22(16)21(20)15-7-8-19(29-5)17(26)11-15/h7-8,11,21,25-26H,6,9-10,12-13H2,1-5H3/t21-/m1/s1. The molecule has 6 nitrogen and oxygen atoms in total. The second kappa shape index (κ2) is 9.39. The molecule has 0 fully saturated rings. The Hall–Kier alpha value is -2.41. The van der Waals surface area contributed by atoms with Crippen LogP contribution in [0.3, 0.4) is 0 Å². The fourth-order valence-corrected chi connectivity index (χ4v) is 4.83. The Morgan fingerprint density at radius 2 is 2.06 bits per heavy atom. The fraction of sp³-hybridized carbons (Fsp3) is 0.500. The number of ketones is 1. The van der Waals surface area contributed by atoms with Crippen molar-refractivity contribution in [3.8, 4) is 11.5 Å². The van der Waals surface area contributed by atoms with E-state index >= 15 is 0 Å². The number of allylic oxidation sites excluding steroid dienone is 3. The first-order valence-corrected chi connectivity index (χ1v) is 11.7. The number of rotatable bonds is 7. The van der Waals surface area contributed by atoms with Crippen LogP contribution in [0.15, 0.2) is 40.7 Å². The summed E-state index contributed by atoms with van der Waals surface area (Å²) in [6, 6.07) is 5.01. The highest BCUT2D eigenvalue weighted by molar-refractivity contribution is 7.99. The summed E-state index contributed by atoms with van der Waals surface area (Å²) >= 11 is 1.70. The van der Waals surface area contributed by atoms with Gasteiger partial charge in [0.2, 0.25) is 0 Å². The highest BCUT2D eigenvalue weighted by Gasteiger charge is 2.43. The molecule has 1 aliphatic heterocycles. The fourth-order valence-electron chi connectivity index (χ4n) is 4.34. The van der Waals surface area contributed by atoms with E-state index in [0.29, 0.717) is 47.6 Å². The lowest BCUT2D eigenvalue weighted by Gasteiger charge is -2.39. The Balaban J connectivity index is 2.06. The number of Topliss-reactive ketones (excluding diaryl/α,β-unsaturated/α-hetero) is 1. The van der Waals surface area contributed by atoms with Gasteiger partial charge in [-0.3, -0.25) is 4.79 Å². The van der Waals surface area contributed by atoms with Crippen molar-refractivity contribution >= 4 is 23.5 Å². The van der Waals surface area contributed by atoms with Crippen LogP contribution in [0.1, 0.15) is 52.0 Å². The lowest BCUT2D eigenvalue weighted by atomic mass is 9.68. The maximum absolute atomic E-state index is 13.2. The first-order chi connectivity index (χ1) is 14.7. The molecule has 0 radical (unpaired) electrons. The number of carbonyl (C=O) groups is 2. The average Bonchev–Trinajstić information content (AvgIpc) is 2.69. The van der Waals surface area contributed by atoms with Gasteiger partial charge in [-0.05, 0) is 42.2 Å². The number of phenols is 1. The number of nitrogens with one attached hydrogen (secondary N) is 1. The summed E-state index contributed by atoms with van der Waals surface area (Å²) in [5.41, 5.74) is 3.03. The van der Waals surface area contributed by atoms with Gasteiger partial charge in [-0.1, -0.05) is 26.8 Å². The number of carbonyl (C=O) groups excluding carboxylic acids is 2. The molecule has 1 atom stereocenters. The van der Waals surface area contributed by atoms with Gasteiger partial charge in [0.05, 0.1) is 12.7 Å². The van der Waals surface area contributed by atoms with Crippen LogP contribution in [-0.2, 0) is 14.3 Å². The number of esters is 1. The molecule has 0 spiro atoms. The predicted octanol–water partition coefficient (Wildman–Crippen LogP) is 4.30. The van der Waals surface area contributed by atoms with E-state index in [1.54, 1.807) is 30.0 Å². The van der Waals surface area contributed by atoms with E-state index in [1.165, 1.54) is 7.11 Å². The van der Waals surface area contributed by atoms with Gasteiger partial charge < -0.3 is 19.9 Å². The molecule has 1 aromatic rings. The van der Waals surface area contributed by atoms with Gasteiger partial charge in [0.15, 0.2) is 17.3 Å². The smallest absolute Gasteiger partial charge is 0.336 e. The van der Waals surface area contributed by atoms with E-state index in [2.05, 4.69) is 26.1 Å². The Morgan fingerprint density at radius 3 is 2.71 bits per heavy atom. The monoisotopic (exact) mass is 445 g/mol. The highest BCUT2D eigenvalue weighted by atomic mass is 32.2. The summed E-state index contributed by atoms with van der Waals surface area (Å²) in [6.45, 7) is 8.34. The van der Waals surface area contributed by atoms with Crippen LogP contribution in [0, 0.1) is 5.41 Å². The van der Waals surface area contributed by atoms with Crippen molar-refractivity contribution in [1.29, 1.82) is 0 Å². The Morgan fingerprint density at radius 1 is 1.32 bits per heavy atom. The molecule has 2 N–H and O–H groups in total. The van der Waals surface area contributed by atoms with Crippen LogP contribution in [0.25, 0.3) is 0 Å². The number of dihydropyridines is 1. The zero-order valence-corrected chi connectivity index (χ0v) is 19.6. The first kappa shape index (κ1) is 23.3. The summed E-state index contributed by atoms with van der Waals surface area (Å²) in [5.74, 6) is 0.956. The Labute approximate surface area is 188 Å². The van der Waals surface area contributed by atoms with Crippen molar-refractivity contribution in [2.45, 2.75) is 46.5 Å². The first-order valence-electron chi connectivity index (χ1n) is 10.5. The minimum absolute atomic E-state index is 0.0124. The Kier molecular flexibility index (Phi) is 7.04. The molecule has 1 heterocycles. The third-order valence-electron chi connectivity index (χ3n) is 5.66. The molecule has 0 aromatic heterocycles. The number of ether oxygens (including phenoxy) is 2. The van der Waals surface area contributed by atoms with Crippen LogP contribution in [0.2, 0.25) is 0 Å². The lowest BCUT2D eigenvalue weighted by molar-refractivity contribution is -0.138. The van der Waals surface area contributed by atoms with Crippen molar-refractivity contribution in [2.24, 2.45) is 5.41 Å². The van der Waals surface area contributed by atoms with Gasteiger partial charge in [-0.2, -0.15) is 11.8 Å². The maximum atomic E-state index is 13.2.